The Morgan fingerprint density at radius 1 is 1.69 bits per heavy atom. The number of thiol groups is 1. The first-order valence-corrected chi connectivity index (χ1v) is 14.2. The first-order chi connectivity index (χ1) is 6.11. The molecule has 1 saturated heterocycles. The van der Waals surface area contributed by atoms with E-state index >= 15 is 0 Å². The van der Waals surface area contributed by atoms with Crippen molar-refractivity contribution in [3.63, 3.8) is 0 Å². The van der Waals surface area contributed by atoms with Gasteiger partial charge in [-0.1, -0.05) is 0 Å². The second-order valence-electron chi connectivity index (χ2n) is 3.21. The van der Waals surface area contributed by atoms with Crippen molar-refractivity contribution in [2.75, 3.05) is 4.87 Å². The standard InChI is InChI=1S/C8H12I2O2S/c1-6-7(11)2-3-8(6)12-10(13)4-9-5-10/h2-3,6,8,13H,4-5H2,1H3/q-2/t6?,8-/m1/s1. The van der Waals surface area contributed by atoms with Crippen LogP contribution >= 0.6 is 9.80 Å². The van der Waals surface area contributed by atoms with E-state index in [1.165, 1.54) is 4.87 Å². The van der Waals surface area contributed by atoms with E-state index in [9.17, 15) is 4.79 Å². The molecule has 0 radical (unpaired) electrons. The summed E-state index contributed by atoms with van der Waals surface area (Å²) in [6, 6.07) is 0. The molecule has 2 atom stereocenters. The molecule has 0 aromatic carbocycles. The van der Waals surface area contributed by atoms with Crippen LogP contribution in [0.3, 0.4) is 0 Å². The SMILES string of the molecule is CC1C(=O)C=C[C@H]1O[I-]1(S)C[I-]C1. The average molecular weight is 426 g/mol. The van der Waals surface area contributed by atoms with Gasteiger partial charge in [0.15, 0.2) is 0 Å². The number of carbonyl (C=O) groups is 1. The molecule has 1 aliphatic carbocycles. The molecular weight excluding hydrogens is 414 g/mol. The summed E-state index contributed by atoms with van der Waals surface area (Å²) in [5.41, 5.74) is 0. The third kappa shape index (κ3) is 2.23. The van der Waals surface area contributed by atoms with E-state index in [-0.39, 0.29) is 17.8 Å². The second-order valence-corrected chi connectivity index (χ2v) is 21.9. The molecule has 78 valence electrons. The average Bonchev–Trinajstić information content (AvgIpc) is 2.33. The van der Waals surface area contributed by atoms with Crippen molar-refractivity contribution in [2.24, 2.45) is 5.92 Å². The Labute approximate surface area is 97.0 Å². The van der Waals surface area contributed by atoms with Crippen molar-refractivity contribution in [1.82, 2.24) is 0 Å². The maximum atomic E-state index is 11.2. The van der Waals surface area contributed by atoms with Gasteiger partial charge in [-0.3, -0.25) is 0 Å². The van der Waals surface area contributed by atoms with Crippen molar-refractivity contribution in [3.8, 4) is 0 Å². The van der Waals surface area contributed by atoms with Crippen LogP contribution in [-0.4, -0.2) is 16.8 Å². The second kappa shape index (κ2) is 3.97. The van der Waals surface area contributed by atoms with Gasteiger partial charge >= 0.3 is 98.1 Å². The van der Waals surface area contributed by atoms with Crippen molar-refractivity contribution in [2.45, 2.75) is 13.0 Å². The summed E-state index contributed by atoms with van der Waals surface area (Å²) in [6.07, 6.45) is 3.61. The zero-order valence-corrected chi connectivity index (χ0v) is 12.5. The molecule has 1 unspecified atom stereocenters. The Hall–Kier alpha value is 1.18. The van der Waals surface area contributed by atoms with Crippen molar-refractivity contribution < 1.29 is 46.5 Å². The van der Waals surface area contributed by atoms with E-state index in [0.717, 1.165) is 0 Å². The van der Waals surface area contributed by atoms with E-state index in [2.05, 4.69) is 9.80 Å². The number of carbonyl (C=O) groups excluding carboxylic acids is 1. The number of ketones is 1. The van der Waals surface area contributed by atoms with Gasteiger partial charge in [-0.05, 0) is 0 Å². The molecule has 2 aliphatic rings. The van der Waals surface area contributed by atoms with Crippen LogP contribution in [0.5, 0.6) is 0 Å². The number of hydrogen-bond donors (Lipinski definition) is 1. The third-order valence-corrected chi connectivity index (χ3v) is 32.5. The normalized spacial score (nSPS) is 39.4. The first kappa shape index (κ1) is 10.7. The van der Waals surface area contributed by atoms with E-state index in [1.807, 2.05) is 13.0 Å². The Morgan fingerprint density at radius 3 is 2.77 bits per heavy atom. The van der Waals surface area contributed by atoms with Crippen LogP contribution in [0.1, 0.15) is 6.92 Å². The fraction of sp³-hybridized carbons (Fsp3) is 0.625. The molecule has 0 aromatic rings. The van der Waals surface area contributed by atoms with Crippen molar-refractivity contribution in [3.05, 3.63) is 12.2 Å². The molecule has 0 spiro atoms. The third-order valence-electron chi connectivity index (χ3n) is 2.12. The maximum absolute atomic E-state index is 11.2. The molecule has 5 heteroatoms. The summed E-state index contributed by atoms with van der Waals surface area (Å²) in [5, 5.41) is 0. The number of hydrogen-bond acceptors (Lipinski definition) is 3. The zero-order valence-electron chi connectivity index (χ0n) is 7.24. The topological polar surface area (TPSA) is 26.3 Å². The molecule has 1 fully saturated rings. The predicted molar refractivity (Wildman–Crippen MR) is 46.9 cm³/mol. The Morgan fingerprint density at radius 2 is 2.38 bits per heavy atom. The van der Waals surface area contributed by atoms with E-state index in [1.54, 1.807) is 6.08 Å². The van der Waals surface area contributed by atoms with E-state index in [4.69, 9.17) is 3.07 Å². The van der Waals surface area contributed by atoms with Gasteiger partial charge in [-0.15, -0.1) is 0 Å². The van der Waals surface area contributed by atoms with Crippen LogP contribution < -0.4 is 38.7 Å². The zero-order chi connectivity index (χ0) is 9.47. The molecular formula is C8H12I2O2S-2. The summed E-state index contributed by atoms with van der Waals surface area (Å²) in [7, 11) is 4.66. The van der Waals surface area contributed by atoms with Crippen LogP contribution in [0.2, 0.25) is 0 Å². The number of rotatable bonds is 2. The van der Waals surface area contributed by atoms with Crippen LogP contribution in [-0.2, 0) is 7.86 Å². The molecule has 2 nitrogen and oxygen atoms in total. The molecule has 1 aliphatic heterocycles. The molecule has 0 amide bonds. The first-order valence-electron chi connectivity index (χ1n) is 3.99. The summed E-state index contributed by atoms with van der Waals surface area (Å²) >= 11 is -1.58. The number of allylic oxidation sites excluding steroid dienone is 1. The molecule has 0 bridgehead atoms. The Bertz CT molecular complexity index is 263. The van der Waals surface area contributed by atoms with Gasteiger partial charge in [0, 0.05) is 0 Å². The van der Waals surface area contributed by atoms with Gasteiger partial charge in [0.2, 0.25) is 0 Å². The minimum absolute atomic E-state index is 0.0337. The van der Waals surface area contributed by atoms with Gasteiger partial charge in [0.05, 0.1) is 0 Å². The molecule has 2 rings (SSSR count). The quantitative estimate of drug-likeness (QED) is 0.273. The molecule has 0 aromatic heterocycles. The van der Waals surface area contributed by atoms with Gasteiger partial charge in [-0.25, -0.2) is 0 Å². The van der Waals surface area contributed by atoms with Crippen LogP contribution in [0.25, 0.3) is 0 Å². The Balaban J connectivity index is 1.95. The van der Waals surface area contributed by atoms with Crippen molar-refractivity contribution in [1.29, 1.82) is 0 Å². The molecule has 1 heterocycles. The summed E-state index contributed by atoms with van der Waals surface area (Å²) in [4.78, 5) is 11.2. The van der Waals surface area contributed by atoms with Gasteiger partial charge in [0.25, 0.3) is 0 Å². The molecule has 0 saturated carbocycles. The fourth-order valence-electron chi connectivity index (χ4n) is 1.21. The van der Waals surface area contributed by atoms with Crippen LogP contribution in [0, 0.1) is 5.92 Å². The van der Waals surface area contributed by atoms with Gasteiger partial charge in [-0.2, -0.15) is 0 Å². The van der Waals surface area contributed by atoms with Crippen LogP contribution in [0.15, 0.2) is 12.2 Å². The predicted octanol–water partition coefficient (Wildman–Crippen LogP) is -4.92. The van der Waals surface area contributed by atoms with Crippen molar-refractivity contribution >= 4 is 15.6 Å². The number of halogens is 2. The monoisotopic (exact) mass is 426 g/mol. The Kier molecular flexibility index (Phi) is 3.27. The van der Waals surface area contributed by atoms with Crippen LogP contribution in [0.4, 0.5) is 0 Å². The minimum atomic E-state index is -2.00. The molecule has 0 N–H and O–H groups in total. The summed E-state index contributed by atoms with van der Waals surface area (Å²) < 4.78 is 8.56. The summed E-state index contributed by atoms with van der Waals surface area (Å²) in [6.45, 7) is 1.94. The van der Waals surface area contributed by atoms with Gasteiger partial charge < -0.3 is 0 Å². The summed E-state index contributed by atoms with van der Waals surface area (Å²) in [5.74, 6) is 0.239. The fourth-order valence-corrected chi connectivity index (χ4v) is 19.9. The van der Waals surface area contributed by atoms with E-state index < -0.39 is 17.5 Å². The van der Waals surface area contributed by atoms with E-state index in [0.29, 0.717) is 21.2 Å². The molecule has 13 heavy (non-hydrogen) atoms. The van der Waals surface area contributed by atoms with Gasteiger partial charge in [0.1, 0.15) is 0 Å². The number of alkyl halides is 4.